The van der Waals surface area contributed by atoms with Crippen molar-refractivity contribution < 1.29 is 9.90 Å². The van der Waals surface area contributed by atoms with Gasteiger partial charge in [-0.3, -0.25) is 9.78 Å². The third-order valence-corrected chi connectivity index (χ3v) is 3.57. The van der Waals surface area contributed by atoms with Crippen molar-refractivity contribution in [2.45, 2.75) is 25.4 Å². The molecule has 5 heteroatoms. The van der Waals surface area contributed by atoms with Gasteiger partial charge < -0.3 is 15.7 Å². The van der Waals surface area contributed by atoms with E-state index in [1.54, 1.807) is 17.2 Å². The number of phenols is 1. The molecule has 0 saturated heterocycles. The number of nitrogens with two attached hydrogens (primary N) is 1. The van der Waals surface area contributed by atoms with Crippen molar-refractivity contribution in [3.63, 3.8) is 0 Å². The Hall–Kier alpha value is -2.56. The summed E-state index contributed by atoms with van der Waals surface area (Å²) in [6.07, 6.45) is 3.71. The average molecular weight is 283 g/mol. The summed E-state index contributed by atoms with van der Waals surface area (Å²) in [5, 5.41) is 9.57. The van der Waals surface area contributed by atoms with Gasteiger partial charge in [0.25, 0.3) is 5.91 Å². The Morgan fingerprint density at radius 1 is 1.33 bits per heavy atom. The van der Waals surface area contributed by atoms with Gasteiger partial charge in [0.15, 0.2) is 0 Å². The van der Waals surface area contributed by atoms with Gasteiger partial charge in [0.1, 0.15) is 5.75 Å². The highest BCUT2D eigenvalue weighted by molar-refractivity contribution is 5.99. The second-order valence-corrected chi connectivity index (χ2v) is 5.26. The number of amides is 1. The van der Waals surface area contributed by atoms with E-state index in [0.29, 0.717) is 17.8 Å². The van der Waals surface area contributed by atoms with Crippen LogP contribution in [-0.2, 0) is 6.54 Å². The molecule has 1 amide bonds. The zero-order valence-electron chi connectivity index (χ0n) is 11.6. The van der Waals surface area contributed by atoms with E-state index >= 15 is 0 Å². The molecule has 1 aliphatic rings. The molecule has 21 heavy (non-hydrogen) atoms. The monoisotopic (exact) mass is 283 g/mol. The van der Waals surface area contributed by atoms with Gasteiger partial charge in [-0.25, -0.2) is 0 Å². The van der Waals surface area contributed by atoms with E-state index < -0.39 is 0 Å². The first-order chi connectivity index (χ1) is 10.1. The van der Waals surface area contributed by atoms with Crippen LogP contribution in [-0.4, -0.2) is 26.9 Å². The lowest BCUT2D eigenvalue weighted by Gasteiger charge is -2.23. The Kier molecular flexibility index (Phi) is 3.48. The number of benzene rings is 1. The van der Waals surface area contributed by atoms with E-state index in [1.165, 1.54) is 12.1 Å². The summed E-state index contributed by atoms with van der Waals surface area (Å²) < 4.78 is 0. The second kappa shape index (κ2) is 5.44. The number of pyridine rings is 1. The number of nitrogen functional groups attached to an aromatic ring is 1. The van der Waals surface area contributed by atoms with Crippen molar-refractivity contribution in [3.05, 3.63) is 53.9 Å². The Balaban J connectivity index is 1.87. The van der Waals surface area contributed by atoms with Crippen LogP contribution in [0.1, 0.15) is 28.9 Å². The molecule has 5 nitrogen and oxygen atoms in total. The maximum absolute atomic E-state index is 12.7. The van der Waals surface area contributed by atoms with Gasteiger partial charge in [0.05, 0.1) is 17.8 Å². The molecule has 0 bridgehead atoms. The zero-order chi connectivity index (χ0) is 14.8. The summed E-state index contributed by atoms with van der Waals surface area (Å²) in [6.45, 7) is 0.458. The Labute approximate surface area is 123 Å². The van der Waals surface area contributed by atoms with Crippen LogP contribution in [0.4, 0.5) is 5.69 Å². The van der Waals surface area contributed by atoms with Crippen LogP contribution in [0.3, 0.4) is 0 Å². The van der Waals surface area contributed by atoms with Gasteiger partial charge in [-0.2, -0.15) is 0 Å². The molecule has 1 heterocycles. The number of carbonyl (C=O) groups is 1. The van der Waals surface area contributed by atoms with Crippen LogP contribution >= 0.6 is 0 Å². The summed E-state index contributed by atoms with van der Waals surface area (Å²) in [5.41, 5.74) is 7.44. The first-order valence-electron chi connectivity index (χ1n) is 6.94. The highest BCUT2D eigenvalue weighted by Crippen LogP contribution is 2.31. The second-order valence-electron chi connectivity index (χ2n) is 5.26. The standard InChI is InChI=1S/C16H17N3O2/c17-15-7-6-13(20)9-14(15)16(21)19(12-4-5-12)10-11-3-1-2-8-18-11/h1-3,6-9,12,20H,4-5,10,17H2. The third-order valence-electron chi connectivity index (χ3n) is 3.57. The number of hydrogen-bond acceptors (Lipinski definition) is 4. The Morgan fingerprint density at radius 3 is 2.81 bits per heavy atom. The van der Waals surface area contributed by atoms with Gasteiger partial charge >= 0.3 is 0 Å². The maximum Gasteiger partial charge on any atom is 0.256 e. The number of hydrogen-bond donors (Lipinski definition) is 2. The minimum atomic E-state index is -0.156. The van der Waals surface area contributed by atoms with Crippen molar-refractivity contribution >= 4 is 11.6 Å². The molecule has 0 spiro atoms. The van der Waals surface area contributed by atoms with Crippen molar-refractivity contribution in [2.75, 3.05) is 5.73 Å². The quantitative estimate of drug-likeness (QED) is 0.665. The lowest BCUT2D eigenvalue weighted by molar-refractivity contribution is 0.0728. The van der Waals surface area contributed by atoms with Crippen LogP contribution in [0.25, 0.3) is 0 Å². The molecule has 1 aromatic carbocycles. The number of carbonyl (C=O) groups excluding carboxylic acids is 1. The number of nitrogens with zero attached hydrogens (tertiary/aromatic N) is 2. The van der Waals surface area contributed by atoms with E-state index in [9.17, 15) is 9.90 Å². The van der Waals surface area contributed by atoms with E-state index in [4.69, 9.17) is 5.73 Å². The summed E-state index contributed by atoms with van der Waals surface area (Å²) in [7, 11) is 0. The highest BCUT2D eigenvalue weighted by atomic mass is 16.3. The van der Waals surface area contributed by atoms with Crippen LogP contribution in [0.15, 0.2) is 42.6 Å². The maximum atomic E-state index is 12.7. The smallest absolute Gasteiger partial charge is 0.256 e. The van der Waals surface area contributed by atoms with E-state index in [0.717, 1.165) is 18.5 Å². The SMILES string of the molecule is Nc1ccc(O)cc1C(=O)N(Cc1ccccn1)C1CC1. The first-order valence-corrected chi connectivity index (χ1v) is 6.94. The molecule has 0 atom stereocenters. The largest absolute Gasteiger partial charge is 0.508 e. The van der Waals surface area contributed by atoms with Gasteiger partial charge in [-0.05, 0) is 43.2 Å². The fourth-order valence-corrected chi connectivity index (χ4v) is 2.30. The van der Waals surface area contributed by atoms with Crippen LogP contribution < -0.4 is 5.73 Å². The minimum Gasteiger partial charge on any atom is -0.508 e. The lowest BCUT2D eigenvalue weighted by Crippen LogP contribution is -2.33. The molecule has 1 aromatic heterocycles. The minimum absolute atomic E-state index is 0.0427. The molecule has 108 valence electrons. The summed E-state index contributed by atoms with van der Waals surface area (Å²) in [4.78, 5) is 18.8. The summed E-state index contributed by atoms with van der Waals surface area (Å²) in [6, 6.07) is 10.3. The number of aromatic nitrogens is 1. The van der Waals surface area contributed by atoms with Gasteiger partial charge in [0.2, 0.25) is 0 Å². The topological polar surface area (TPSA) is 79.5 Å². The van der Waals surface area contributed by atoms with Crippen molar-refractivity contribution in [1.82, 2.24) is 9.88 Å². The Morgan fingerprint density at radius 2 is 2.14 bits per heavy atom. The van der Waals surface area contributed by atoms with Crippen LogP contribution in [0.5, 0.6) is 5.75 Å². The van der Waals surface area contributed by atoms with Gasteiger partial charge in [-0.15, -0.1) is 0 Å². The Bertz CT molecular complexity index is 654. The van der Waals surface area contributed by atoms with E-state index in [-0.39, 0.29) is 17.7 Å². The predicted octanol–water partition coefficient (Wildman–Crippen LogP) is 2.17. The van der Waals surface area contributed by atoms with E-state index in [2.05, 4.69) is 4.98 Å². The van der Waals surface area contributed by atoms with Crippen LogP contribution in [0, 0.1) is 0 Å². The summed E-state index contributed by atoms with van der Waals surface area (Å²) in [5.74, 6) is -0.113. The molecule has 3 rings (SSSR count). The molecule has 1 aliphatic carbocycles. The molecule has 3 N–H and O–H groups in total. The fourth-order valence-electron chi connectivity index (χ4n) is 2.30. The molecule has 0 aliphatic heterocycles. The number of rotatable bonds is 4. The van der Waals surface area contributed by atoms with Crippen molar-refractivity contribution in [2.24, 2.45) is 0 Å². The predicted molar refractivity (Wildman–Crippen MR) is 79.7 cm³/mol. The highest BCUT2D eigenvalue weighted by Gasteiger charge is 2.34. The molecule has 1 fully saturated rings. The molecule has 0 radical (unpaired) electrons. The van der Waals surface area contributed by atoms with Crippen molar-refractivity contribution in [1.29, 1.82) is 0 Å². The molecule has 0 unspecified atom stereocenters. The van der Waals surface area contributed by atoms with Gasteiger partial charge in [0, 0.05) is 17.9 Å². The number of phenolic OH excluding ortho intramolecular Hbond substituents is 1. The third kappa shape index (κ3) is 2.97. The van der Waals surface area contributed by atoms with E-state index in [1.807, 2.05) is 18.2 Å². The average Bonchev–Trinajstić information content (AvgIpc) is 3.32. The molecule has 2 aromatic rings. The number of anilines is 1. The summed E-state index contributed by atoms with van der Waals surface area (Å²) >= 11 is 0. The van der Waals surface area contributed by atoms with Crippen LogP contribution in [0.2, 0.25) is 0 Å². The van der Waals surface area contributed by atoms with Crippen molar-refractivity contribution in [3.8, 4) is 5.75 Å². The number of aromatic hydroxyl groups is 1. The first kappa shape index (κ1) is 13.4. The molecular formula is C16H17N3O2. The molecular weight excluding hydrogens is 266 g/mol. The lowest BCUT2D eigenvalue weighted by atomic mass is 10.1. The van der Waals surface area contributed by atoms with Gasteiger partial charge in [-0.1, -0.05) is 6.07 Å². The molecule has 1 saturated carbocycles. The normalized spacial score (nSPS) is 13.9. The zero-order valence-corrected chi connectivity index (χ0v) is 11.6. The fraction of sp³-hybridized carbons (Fsp3) is 0.250.